The van der Waals surface area contributed by atoms with Crippen molar-refractivity contribution < 1.29 is 18.1 Å². The number of phosphoric ester groups is 1. The van der Waals surface area contributed by atoms with Crippen molar-refractivity contribution in [1.82, 2.24) is 0 Å². The average Bonchev–Trinajstić information content (AvgIpc) is 3.10. The summed E-state index contributed by atoms with van der Waals surface area (Å²) in [6, 6.07) is 35.5. The van der Waals surface area contributed by atoms with Crippen LogP contribution in [0.25, 0.3) is 33.4 Å². The number of aryl methyl sites for hydroxylation is 3. The van der Waals surface area contributed by atoms with Crippen LogP contribution in [0, 0.1) is 62.3 Å². The van der Waals surface area contributed by atoms with E-state index in [4.69, 9.17) is 13.6 Å². The van der Waals surface area contributed by atoms with Crippen molar-refractivity contribution >= 4 is 7.82 Å². The molecule has 0 unspecified atom stereocenters. The SMILES string of the molecule is Cc1ccc(-c2ccc(OP(=O)(Oc3ccc(-c4ccc(C)c(C)c4C)cc3)Oc3ccc(-c4ccc(C)c(C)c4C)cc3)cc2)c(C)c1C. The summed E-state index contributed by atoms with van der Waals surface area (Å²) in [6.45, 7) is 19.2. The molecule has 0 atom stereocenters. The summed E-state index contributed by atoms with van der Waals surface area (Å²) in [4.78, 5) is 0. The third-order valence-corrected chi connectivity index (χ3v) is 11.6. The topological polar surface area (TPSA) is 44.8 Å². The predicted molar refractivity (Wildman–Crippen MR) is 208 cm³/mol. The summed E-state index contributed by atoms with van der Waals surface area (Å²) in [5, 5.41) is 0. The molecule has 0 spiro atoms. The van der Waals surface area contributed by atoms with Gasteiger partial charge in [0.1, 0.15) is 17.2 Å². The van der Waals surface area contributed by atoms with E-state index in [0.717, 1.165) is 33.4 Å². The molecule has 50 heavy (non-hydrogen) atoms. The Labute approximate surface area is 297 Å². The van der Waals surface area contributed by atoms with Gasteiger partial charge in [0.15, 0.2) is 0 Å². The third kappa shape index (κ3) is 7.13. The largest absolute Gasteiger partial charge is 0.647 e. The van der Waals surface area contributed by atoms with Crippen LogP contribution in [0.5, 0.6) is 17.2 Å². The zero-order valence-corrected chi connectivity index (χ0v) is 31.4. The van der Waals surface area contributed by atoms with E-state index in [1.165, 1.54) is 50.1 Å². The van der Waals surface area contributed by atoms with E-state index in [0.29, 0.717) is 17.2 Å². The summed E-state index contributed by atoms with van der Waals surface area (Å²) in [5.74, 6) is 1.13. The minimum absolute atomic E-state index is 0.378. The fraction of sp³-hybridized carbons (Fsp3) is 0.200. The summed E-state index contributed by atoms with van der Waals surface area (Å²) >= 11 is 0. The maximum atomic E-state index is 14.5. The first-order valence-electron chi connectivity index (χ1n) is 17.0. The Morgan fingerprint density at radius 2 is 0.560 bits per heavy atom. The fourth-order valence-corrected chi connectivity index (χ4v) is 7.59. The molecule has 0 aliphatic rings. The Kier molecular flexibility index (Phi) is 9.78. The van der Waals surface area contributed by atoms with Crippen LogP contribution in [-0.4, -0.2) is 0 Å². The van der Waals surface area contributed by atoms with Gasteiger partial charge in [-0.3, -0.25) is 0 Å². The van der Waals surface area contributed by atoms with Crippen molar-refractivity contribution in [1.29, 1.82) is 0 Å². The van der Waals surface area contributed by atoms with Gasteiger partial charge in [-0.05, 0) is 182 Å². The molecule has 0 aliphatic carbocycles. The maximum Gasteiger partial charge on any atom is 0.647 e. The molecule has 5 heteroatoms. The van der Waals surface area contributed by atoms with Crippen LogP contribution < -0.4 is 13.6 Å². The highest BCUT2D eigenvalue weighted by atomic mass is 31.2. The molecule has 0 aromatic heterocycles. The highest BCUT2D eigenvalue weighted by molar-refractivity contribution is 7.49. The van der Waals surface area contributed by atoms with Crippen LogP contribution >= 0.6 is 7.82 Å². The molecule has 0 radical (unpaired) electrons. The van der Waals surface area contributed by atoms with Crippen LogP contribution in [0.15, 0.2) is 109 Å². The Balaban J connectivity index is 1.30. The molecule has 0 amide bonds. The number of hydrogen-bond acceptors (Lipinski definition) is 4. The average molecular weight is 681 g/mol. The Morgan fingerprint density at radius 1 is 0.320 bits per heavy atom. The van der Waals surface area contributed by atoms with E-state index < -0.39 is 7.82 Å². The standard InChI is InChI=1S/C45H45O4P/c1-28-10-25-43(34(7)31(28)4)37-13-19-40(20-14-37)47-50(46,48-41-21-15-38(16-22-41)44-26-11-29(2)32(5)35(44)8)49-42-23-17-39(18-24-42)45-27-12-30(3)33(6)36(45)9/h10-27H,1-9H3. The molecule has 0 N–H and O–H groups in total. The normalized spacial score (nSPS) is 11.4. The van der Waals surface area contributed by atoms with Gasteiger partial charge >= 0.3 is 7.82 Å². The zero-order valence-electron chi connectivity index (χ0n) is 30.5. The monoisotopic (exact) mass is 680 g/mol. The third-order valence-electron chi connectivity index (χ3n) is 10.3. The minimum atomic E-state index is -4.22. The van der Waals surface area contributed by atoms with Gasteiger partial charge < -0.3 is 13.6 Å². The lowest BCUT2D eigenvalue weighted by molar-refractivity contribution is 0.298. The van der Waals surface area contributed by atoms with E-state index >= 15 is 0 Å². The van der Waals surface area contributed by atoms with Crippen LogP contribution in [-0.2, 0) is 4.57 Å². The second-order valence-corrected chi connectivity index (χ2v) is 14.8. The van der Waals surface area contributed by atoms with Gasteiger partial charge in [-0.25, -0.2) is 0 Å². The van der Waals surface area contributed by atoms with Crippen molar-refractivity contribution in [3.05, 3.63) is 159 Å². The molecule has 4 nitrogen and oxygen atoms in total. The molecule has 0 bridgehead atoms. The predicted octanol–water partition coefficient (Wildman–Crippen LogP) is 13.1. The van der Waals surface area contributed by atoms with Crippen LogP contribution in [0.1, 0.15) is 50.1 Å². The molecule has 6 aromatic carbocycles. The van der Waals surface area contributed by atoms with Gasteiger partial charge in [0.25, 0.3) is 0 Å². The van der Waals surface area contributed by atoms with Gasteiger partial charge in [0.05, 0.1) is 0 Å². The Hall–Kier alpha value is -5.05. The molecular weight excluding hydrogens is 635 g/mol. The molecule has 254 valence electrons. The molecule has 0 fully saturated rings. The molecule has 0 heterocycles. The Morgan fingerprint density at radius 3 is 0.800 bits per heavy atom. The number of hydrogen-bond donors (Lipinski definition) is 0. The fourth-order valence-electron chi connectivity index (χ4n) is 6.34. The quantitative estimate of drug-likeness (QED) is 0.143. The zero-order chi connectivity index (χ0) is 35.7. The van der Waals surface area contributed by atoms with Crippen LogP contribution in [0.2, 0.25) is 0 Å². The first-order chi connectivity index (χ1) is 23.8. The van der Waals surface area contributed by atoms with Crippen molar-refractivity contribution in [3.8, 4) is 50.6 Å². The van der Waals surface area contributed by atoms with Gasteiger partial charge in [0, 0.05) is 0 Å². The van der Waals surface area contributed by atoms with E-state index in [2.05, 4.69) is 98.7 Å². The van der Waals surface area contributed by atoms with E-state index in [1.807, 2.05) is 36.4 Å². The van der Waals surface area contributed by atoms with Gasteiger partial charge in [-0.1, -0.05) is 72.8 Å². The van der Waals surface area contributed by atoms with Gasteiger partial charge in [-0.2, -0.15) is 4.57 Å². The van der Waals surface area contributed by atoms with Crippen molar-refractivity contribution in [2.75, 3.05) is 0 Å². The Bertz CT molecular complexity index is 1980. The van der Waals surface area contributed by atoms with Crippen molar-refractivity contribution in [3.63, 3.8) is 0 Å². The molecule has 0 saturated carbocycles. The minimum Gasteiger partial charge on any atom is -0.386 e. The summed E-state index contributed by atoms with van der Waals surface area (Å²) < 4.78 is 32.9. The van der Waals surface area contributed by atoms with Gasteiger partial charge in [0.2, 0.25) is 0 Å². The first-order valence-corrected chi connectivity index (χ1v) is 18.5. The summed E-state index contributed by atoms with van der Waals surface area (Å²) in [5.41, 5.74) is 17.9. The van der Waals surface area contributed by atoms with E-state index in [9.17, 15) is 4.57 Å². The number of phosphoric acid groups is 1. The molecule has 0 saturated heterocycles. The first kappa shape index (κ1) is 34.8. The van der Waals surface area contributed by atoms with Crippen LogP contribution in [0.4, 0.5) is 0 Å². The van der Waals surface area contributed by atoms with Crippen molar-refractivity contribution in [2.45, 2.75) is 62.3 Å². The molecular formula is C45H45O4P. The number of rotatable bonds is 9. The second kappa shape index (κ2) is 14.1. The number of benzene rings is 6. The maximum absolute atomic E-state index is 14.5. The highest BCUT2D eigenvalue weighted by Crippen LogP contribution is 2.50. The summed E-state index contributed by atoms with van der Waals surface area (Å²) in [7, 11) is -4.22. The molecule has 6 aromatic rings. The lowest BCUT2D eigenvalue weighted by Crippen LogP contribution is -2.07. The van der Waals surface area contributed by atoms with Crippen LogP contribution in [0.3, 0.4) is 0 Å². The highest BCUT2D eigenvalue weighted by Gasteiger charge is 2.33. The molecule has 6 rings (SSSR count). The smallest absolute Gasteiger partial charge is 0.386 e. The second-order valence-electron chi connectivity index (χ2n) is 13.3. The lowest BCUT2D eigenvalue weighted by Gasteiger charge is -2.20. The summed E-state index contributed by atoms with van der Waals surface area (Å²) in [6.07, 6.45) is 0. The lowest BCUT2D eigenvalue weighted by atomic mass is 9.94. The van der Waals surface area contributed by atoms with Crippen molar-refractivity contribution in [2.24, 2.45) is 0 Å². The molecule has 0 aliphatic heterocycles. The van der Waals surface area contributed by atoms with Gasteiger partial charge in [-0.15, -0.1) is 0 Å². The van der Waals surface area contributed by atoms with E-state index in [1.54, 1.807) is 36.4 Å². The van der Waals surface area contributed by atoms with E-state index in [-0.39, 0.29) is 0 Å².